The quantitative estimate of drug-likeness (QED) is 0.700. The number of hydrogen-bond acceptors (Lipinski definition) is 6. The fourth-order valence-corrected chi connectivity index (χ4v) is 2.85. The number of carbonyl (C=O) groups is 1. The maximum absolute atomic E-state index is 13.7. The first-order chi connectivity index (χ1) is 12.1. The molecule has 0 atom stereocenters. The minimum atomic E-state index is -0.548. The zero-order valence-corrected chi connectivity index (χ0v) is 14.2. The Morgan fingerprint density at radius 1 is 1.28 bits per heavy atom. The molecular formula is C18H15FN2O3S. The average Bonchev–Trinajstić information content (AvgIpc) is 3.06. The summed E-state index contributed by atoms with van der Waals surface area (Å²) >= 11 is 1.31. The first-order valence-electron chi connectivity index (χ1n) is 7.38. The van der Waals surface area contributed by atoms with Crippen molar-refractivity contribution in [2.75, 3.05) is 12.8 Å². The van der Waals surface area contributed by atoms with Gasteiger partial charge < -0.3 is 15.2 Å². The molecule has 0 aliphatic rings. The van der Waals surface area contributed by atoms with Crippen LogP contribution in [0.3, 0.4) is 0 Å². The highest BCUT2D eigenvalue weighted by molar-refractivity contribution is 7.13. The third kappa shape index (κ3) is 3.77. The minimum Gasteiger partial charge on any atom is -0.488 e. The number of nitrogens with zero attached hydrogens (tertiary/aromatic N) is 1. The van der Waals surface area contributed by atoms with Crippen LogP contribution in [0.2, 0.25) is 0 Å². The lowest BCUT2D eigenvalue weighted by molar-refractivity contribution is 0.0595. The third-order valence-corrected chi connectivity index (χ3v) is 4.22. The summed E-state index contributed by atoms with van der Waals surface area (Å²) < 4.78 is 24.2. The van der Waals surface area contributed by atoms with Gasteiger partial charge in [0.1, 0.15) is 23.7 Å². The van der Waals surface area contributed by atoms with Gasteiger partial charge in [-0.25, -0.2) is 14.2 Å². The van der Waals surface area contributed by atoms with E-state index in [1.807, 2.05) is 0 Å². The van der Waals surface area contributed by atoms with E-state index in [2.05, 4.69) is 4.98 Å². The molecule has 3 rings (SSSR count). The van der Waals surface area contributed by atoms with E-state index in [-0.39, 0.29) is 18.0 Å². The van der Waals surface area contributed by atoms with Gasteiger partial charge in [0.05, 0.1) is 12.8 Å². The van der Waals surface area contributed by atoms with Gasteiger partial charge in [-0.2, -0.15) is 0 Å². The number of nitrogens with two attached hydrogens (primary N) is 1. The number of rotatable bonds is 5. The fraction of sp³-hybridized carbons (Fsp3) is 0.111. The maximum atomic E-state index is 13.7. The summed E-state index contributed by atoms with van der Waals surface area (Å²) in [5, 5.41) is 2.24. The molecule has 7 heteroatoms. The van der Waals surface area contributed by atoms with E-state index in [0.717, 1.165) is 0 Å². The van der Waals surface area contributed by atoms with Crippen molar-refractivity contribution in [1.82, 2.24) is 4.98 Å². The lowest BCUT2D eigenvalue weighted by atomic mass is 10.1. The fourth-order valence-electron chi connectivity index (χ4n) is 2.28. The van der Waals surface area contributed by atoms with Gasteiger partial charge >= 0.3 is 5.97 Å². The number of halogens is 1. The Morgan fingerprint density at radius 2 is 2.08 bits per heavy atom. The van der Waals surface area contributed by atoms with Gasteiger partial charge in [-0.3, -0.25) is 0 Å². The van der Waals surface area contributed by atoms with Crippen LogP contribution in [0, 0.1) is 5.82 Å². The molecule has 0 amide bonds. The van der Waals surface area contributed by atoms with Gasteiger partial charge in [0.25, 0.3) is 0 Å². The lowest BCUT2D eigenvalue weighted by Gasteiger charge is -2.12. The Labute approximate surface area is 147 Å². The van der Waals surface area contributed by atoms with Crippen molar-refractivity contribution in [3.05, 3.63) is 64.8 Å². The molecule has 0 saturated carbocycles. The number of methoxy groups -OCH3 is 1. The number of benzene rings is 2. The van der Waals surface area contributed by atoms with E-state index < -0.39 is 5.97 Å². The monoisotopic (exact) mass is 358 g/mol. The Hall–Kier alpha value is -2.93. The Balaban J connectivity index is 1.90. The first kappa shape index (κ1) is 16.9. The van der Waals surface area contributed by atoms with Crippen LogP contribution in [0.15, 0.2) is 47.8 Å². The second-order valence-corrected chi connectivity index (χ2v) is 6.04. The van der Waals surface area contributed by atoms with E-state index in [1.54, 1.807) is 41.8 Å². The molecule has 0 radical (unpaired) electrons. The summed E-state index contributed by atoms with van der Waals surface area (Å²) in [6, 6.07) is 11.3. The van der Waals surface area contributed by atoms with Crippen LogP contribution in [-0.4, -0.2) is 18.1 Å². The van der Waals surface area contributed by atoms with Gasteiger partial charge in [0.15, 0.2) is 5.13 Å². The molecule has 0 aliphatic heterocycles. The summed E-state index contributed by atoms with van der Waals surface area (Å²) in [4.78, 5) is 16.3. The SMILES string of the molecule is COC(=O)c1cc(-c2csc(N)n2)ccc1OCc1ccccc1F. The van der Waals surface area contributed by atoms with E-state index in [0.29, 0.717) is 27.7 Å². The molecule has 0 saturated heterocycles. The highest BCUT2D eigenvalue weighted by atomic mass is 32.1. The molecule has 0 fully saturated rings. The molecule has 3 aromatic rings. The van der Waals surface area contributed by atoms with E-state index in [4.69, 9.17) is 15.2 Å². The summed E-state index contributed by atoms with van der Waals surface area (Å²) in [6.07, 6.45) is 0. The number of hydrogen-bond donors (Lipinski definition) is 1. The van der Waals surface area contributed by atoms with E-state index in [1.165, 1.54) is 24.5 Å². The second kappa shape index (κ2) is 7.31. The third-order valence-electron chi connectivity index (χ3n) is 3.54. The number of anilines is 1. The molecule has 1 heterocycles. The number of thiazole rings is 1. The Bertz CT molecular complexity index is 911. The number of carbonyl (C=O) groups excluding carboxylic acids is 1. The van der Waals surface area contributed by atoms with E-state index in [9.17, 15) is 9.18 Å². The summed E-state index contributed by atoms with van der Waals surface area (Å²) in [5.41, 5.74) is 7.66. The van der Waals surface area contributed by atoms with Gasteiger partial charge in [0.2, 0.25) is 0 Å². The largest absolute Gasteiger partial charge is 0.488 e. The number of nitrogen functional groups attached to an aromatic ring is 1. The van der Waals surface area contributed by atoms with Crippen molar-refractivity contribution in [3.63, 3.8) is 0 Å². The zero-order chi connectivity index (χ0) is 17.8. The van der Waals surface area contributed by atoms with Crippen LogP contribution in [0.5, 0.6) is 5.75 Å². The summed E-state index contributed by atoms with van der Waals surface area (Å²) in [5.74, 6) is -0.604. The first-order valence-corrected chi connectivity index (χ1v) is 8.26. The smallest absolute Gasteiger partial charge is 0.341 e. The van der Waals surface area contributed by atoms with Crippen LogP contribution >= 0.6 is 11.3 Å². The molecule has 0 aliphatic carbocycles. The summed E-state index contributed by atoms with van der Waals surface area (Å²) in [6.45, 7) is -0.000334. The maximum Gasteiger partial charge on any atom is 0.341 e. The standard InChI is InChI=1S/C18H15FN2O3S/c1-23-17(22)13-8-11(15-10-25-18(20)21-15)6-7-16(13)24-9-12-4-2-3-5-14(12)19/h2-8,10H,9H2,1H3,(H2,20,21). The molecule has 0 unspecified atom stereocenters. The number of esters is 1. The van der Waals surface area contributed by atoms with Gasteiger partial charge in [-0.1, -0.05) is 18.2 Å². The van der Waals surface area contributed by atoms with Crippen LogP contribution in [-0.2, 0) is 11.3 Å². The highest BCUT2D eigenvalue weighted by Gasteiger charge is 2.16. The molecular weight excluding hydrogens is 343 g/mol. The number of ether oxygens (including phenoxy) is 2. The van der Waals surface area contributed by atoms with E-state index >= 15 is 0 Å². The van der Waals surface area contributed by atoms with Crippen molar-refractivity contribution in [1.29, 1.82) is 0 Å². The van der Waals surface area contributed by atoms with Gasteiger partial charge in [-0.15, -0.1) is 11.3 Å². The molecule has 128 valence electrons. The minimum absolute atomic E-state index is 0.000334. The van der Waals surface area contributed by atoms with Crippen LogP contribution < -0.4 is 10.5 Å². The summed E-state index contributed by atoms with van der Waals surface area (Å²) in [7, 11) is 1.29. The van der Waals surface area contributed by atoms with Gasteiger partial charge in [-0.05, 0) is 24.3 Å². The van der Waals surface area contributed by atoms with Crippen molar-refractivity contribution in [2.24, 2.45) is 0 Å². The molecule has 25 heavy (non-hydrogen) atoms. The predicted molar refractivity (Wildman–Crippen MR) is 94.0 cm³/mol. The van der Waals surface area contributed by atoms with Gasteiger partial charge in [0, 0.05) is 16.5 Å². The average molecular weight is 358 g/mol. The molecule has 0 bridgehead atoms. The van der Waals surface area contributed by atoms with Crippen molar-refractivity contribution in [3.8, 4) is 17.0 Å². The molecule has 1 aromatic heterocycles. The van der Waals surface area contributed by atoms with Crippen molar-refractivity contribution >= 4 is 22.4 Å². The molecule has 2 aromatic carbocycles. The lowest BCUT2D eigenvalue weighted by Crippen LogP contribution is -2.07. The Morgan fingerprint density at radius 3 is 2.76 bits per heavy atom. The predicted octanol–water partition coefficient (Wildman–Crippen LogP) is 3.90. The normalized spacial score (nSPS) is 10.5. The number of aromatic nitrogens is 1. The van der Waals surface area contributed by atoms with Crippen molar-refractivity contribution < 1.29 is 18.7 Å². The highest BCUT2D eigenvalue weighted by Crippen LogP contribution is 2.29. The Kier molecular flexibility index (Phi) is 4.95. The van der Waals surface area contributed by atoms with Crippen LogP contribution in [0.25, 0.3) is 11.3 Å². The molecule has 2 N–H and O–H groups in total. The topological polar surface area (TPSA) is 74.4 Å². The molecule has 5 nitrogen and oxygen atoms in total. The van der Waals surface area contributed by atoms with Crippen LogP contribution in [0.1, 0.15) is 15.9 Å². The van der Waals surface area contributed by atoms with Crippen LogP contribution in [0.4, 0.5) is 9.52 Å². The molecule has 0 spiro atoms. The zero-order valence-electron chi connectivity index (χ0n) is 13.4. The second-order valence-electron chi connectivity index (χ2n) is 5.15. The van der Waals surface area contributed by atoms with Crippen molar-refractivity contribution in [2.45, 2.75) is 6.61 Å².